The molecule has 0 amide bonds. The van der Waals surface area contributed by atoms with Crippen molar-refractivity contribution in [3.05, 3.63) is 60.0 Å². The molecule has 1 aliphatic heterocycles. The molecule has 170 valence electrons. The van der Waals surface area contributed by atoms with Crippen LogP contribution in [0.15, 0.2) is 48.9 Å². The molecule has 1 saturated heterocycles. The van der Waals surface area contributed by atoms with Gasteiger partial charge in [-0.2, -0.15) is 0 Å². The van der Waals surface area contributed by atoms with Gasteiger partial charge in [0.2, 0.25) is 0 Å². The molecule has 2 aromatic carbocycles. The Balaban J connectivity index is 1.45. The van der Waals surface area contributed by atoms with Crippen molar-refractivity contribution in [3.8, 4) is 22.4 Å². The van der Waals surface area contributed by atoms with Crippen molar-refractivity contribution < 1.29 is 9.31 Å². The van der Waals surface area contributed by atoms with Gasteiger partial charge in [0.15, 0.2) is 0 Å². The summed E-state index contributed by atoms with van der Waals surface area (Å²) in [5, 5.41) is 0. The average molecular weight is 440 g/mol. The Labute approximate surface area is 197 Å². The maximum atomic E-state index is 6.50. The Morgan fingerprint density at radius 3 is 2.15 bits per heavy atom. The summed E-state index contributed by atoms with van der Waals surface area (Å²) in [7, 11) is -0.294. The highest BCUT2D eigenvalue weighted by atomic mass is 16.7. The first-order valence-electron chi connectivity index (χ1n) is 12.4. The van der Waals surface area contributed by atoms with E-state index < -0.39 is 0 Å². The van der Waals surface area contributed by atoms with Crippen LogP contribution >= 0.6 is 0 Å². The smallest absolute Gasteiger partial charge is 0.399 e. The van der Waals surface area contributed by atoms with Gasteiger partial charge in [0, 0.05) is 0 Å². The zero-order valence-electron chi connectivity index (χ0n) is 20.2. The van der Waals surface area contributed by atoms with E-state index in [0.29, 0.717) is 5.41 Å². The summed E-state index contributed by atoms with van der Waals surface area (Å²) in [6.07, 6.45) is 11.2. The zero-order chi connectivity index (χ0) is 22.8. The minimum atomic E-state index is -0.324. The number of hydrogen-bond acceptors (Lipinski definition) is 3. The van der Waals surface area contributed by atoms with Gasteiger partial charge in [0.25, 0.3) is 0 Å². The first-order chi connectivity index (χ1) is 15.8. The molecule has 2 fully saturated rings. The van der Waals surface area contributed by atoms with Gasteiger partial charge in [0.1, 0.15) is 0 Å². The van der Waals surface area contributed by atoms with E-state index in [0.717, 1.165) is 17.7 Å². The Bertz CT molecular complexity index is 1160. The lowest BCUT2D eigenvalue weighted by atomic mass is 9.70. The number of H-pyrrole nitrogens is 1. The van der Waals surface area contributed by atoms with Gasteiger partial charge < -0.3 is 14.3 Å². The van der Waals surface area contributed by atoms with Crippen molar-refractivity contribution in [1.29, 1.82) is 0 Å². The Morgan fingerprint density at radius 1 is 0.848 bits per heavy atom. The van der Waals surface area contributed by atoms with Crippen LogP contribution in [0.3, 0.4) is 0 Å². The first kappa shape index (κ1) is 21.2. The van der Waals surface area contributed by atoms with Gasteiger partial charge in [-0.1, -0.05) is 49.2 Å². The average Bonchev–Trinajstić information content (AvgIpc) is 3.58. The van der Waals surface area contributed by atoms with Crippen molar-refractivity contribution in [3.63, 3.8) is 0 Å². The summed E-state index contributed by atoms with van der Waals surface area (Å²) in [5.74, 6) is 0. The molecule has 1 aromatic heterocycles. The standard InChI is InChI=1S/C28H33BN2O2/c1-26(2)27(3,4)33-29(32-26)23-12-11-21(25-22(23)13-16-28(25)14-5-6-15-28)19-7-9-20(10-8-19)24-17-30-18-31-24/h7-12,17-18H,5-6,13-16H2,1-4H3,(H,30,31). The number of nitrogens with one attached hydrogen (secondary N) is 1. The molecular weight excluding hydrogens is 407 g/mol. The summed E-state index contributed by atoms with van der Waals surface area (Å²) in [6.45, 7) is 8.56. The normalized spacial score (nSPS) is 22.2. The quantitative estimate of drug-likeness (QED) is 0.524. The van der Waals surface area contributed by atoms with Crippen LogP contribution in [0.2, 0.25) is 0 Å². The lowest BCUT2D eigenvalue weighted by Crippen LogP contribution is -2.41. The maximum Gasteiger partial charge on any atom is 0.495 e. The van der Waals surface area contributed by atoms with E-state index in [9.17, 15) is 0 Å². The molecule has 0 unspecified atom stereocenters. The van der Waals surface area contributed by atoms with E-state index in [1.54, 1.807) is 11.9 Å². The van der Waals surface area contributed by atoms with Crippen molar-refractivity contribution >= 4 is 12.6 Å². The number of hydrogen-bond donors (Lipinski definition) is 1. The van der Waals surface area contributed by atoms with E-state index in [1.165, 1.54) is 54.3 Å². The monoisotopic (exact) mass is 440 g/mol. The summed E-state index contributed by atoms with van der Waals surface area (Å²) < 4.78 is 13.0. The predicted octanol–water partition coefficient (Wildman–Crippen LogP) is 5.80. The van der Waals surface area contributed by atoms with Gasteiger partial charge in [-0.05, 0) is 92.1 Å². The fraction of sp³-hybridized carbons (Fsp3) is 0.464. The second-order valence-corrected chi connectivity index (χ2v) is 11.2. The number of fused-ring (bicyclic) bond motifs is 2. The molecule has 0 radical (unpaired) electrons. The van der Waals surface area contributed by atoms with Crippen molar-refractivity contribution in [2.75, 3.05) is 0 Å². The van der Waals surface area contributed by atoms with Crippen molar-refractivity contribution in [2.24, 2.45) is 0 Å². The number of rotatable bonds is 3. The number of aromatic nitrogens is 2. The molecule has 1 spiro atoms. The molecule has 4 nitrogen and oxygen atoms in total. The Kier molecular flexibility index (Phi) is 4.70. The third kappa shape index (κ3) is 3.24. The fourth-order valence-electron chi connectivity index (χ4n) is 6.25. The maximum absolute atomic E-state index is 6.50. The van der Waals surface area contributed by atoms with Gasteiger partial charge in [-0.15, -0.1) is 0 Å². The SMILES string of the molecule is CC1(C)OB(c2ccc(-c3ccc(-c4cnc[nH]4)cc3)c3c2CCC32CCCC2)OC1(C)C. The van der Waals surface area contributed by atoms with Crippen molar-refractivity contribution in [2.45, 2.75) is 82.8 Å². The third-order valence-electron chi connectivity index (χ3n) is 8.81. The van der Waals surface area contributed by atoms with Crippen LogP contribution < -0.4 is 5.46 Å². The molecule has 1 N–H and O–H groups in total. The predicted molar refractivity (Wildman–Crippen MR) is 134 cm³/mol. The molecular formula is C28H33BN2O2. The summed E-state index contributed by atoms with van der Waals surface area (Å²) in [4.78, 5) is 7.37. The van der Waals surface area contributed by atoms with E-state index in [2.05, 4.69) is 74.1 Å². The number of benzene rings is 2. The molecule has 2 aliphatic carbocycles. The fourth-order valence-corrected chi connectivity index (χ4v) is 6.25. The molecule has 5 heteroatoms. The van der Waals surface area contributed by atoms with Crippen LogP contribution in [-0.2, 0) is 21.1 Å². The molecule has 1 saturated carbocycles. The lowest BCUT2D eigenvalue weighted by molar-refractivity contribution is 0.00578. The van der Waals surface area contributed by atoms with Crippen LogP contribution in [0.1, 0.15) is 70.9 Å². The second-order valence-electron chi connectivity index (χ2n) is 11.2. The summed E-state index contributed by atoms with van der Waals surface area (Å²) >= 11 is 0. The van der Waals surface area contributed by atoms with E-state index in [-0.39, 0.29) is 18.3 Å². The largest absolute Gasteiger partial charge is 0.495 e. The highest BCUT2D eigenvalue weighted by Crippen LogP contribution is 2.53. The molecule has 6 rings (SSSR count). The third-order valence-corrected chi connectivity index (χ3v) is 8.81. The van der Waals surface area contributed by atoms with Crippen LogP contribution in [-0.4, -0.2) is 28.3 Å². The van der Waals surface area contributed by atoms with E-state index >= 15 is 0 Å². The highest BCUT2D eigenvalue weighted by Gasteiger charge is 2.53. The van der Waals surface area contributed by atoms with Crippen LogP contribution in [0.5, 0.6) is 0 Å². The number of aromatic amines is 1. The molecule has 3 aromatic rings. The van der Waals surface area contributed by atoms with Gasteiger partial charge in [-0.3, -0.25) is 0 Å². The highest BCUT2D eigenvalue weighted by molar-refractivity contribution is 6.62. The number of nitrogens with zero attached hydrogens (tertiary/aromatic N) is 1. The summed E-state index contributed by atoms with van der Waals surface area (Å²) in [6, 6.07) is 13.5. The molecule has 2 heterocycles. The topological polar surface area (TPSA) is 47.1 Å². The molecule has 33 heavy (non-hydrogen) atoms. The van der Waals surface area contributed by atoms with Crippen molar-refractivity contribution in [1.82, 2.24) is 9.97 Å². The second kappa shape index (κ2) is 7.32. The number of imidazole rings is 1. The van der Waals surface area contributed by atoms with Crippen LogP contribution in [0.25, 0.3) is 22.4 Å². The van der Waals surface area contributed by atoms with Gasteiger partial charge >= 0.3 is 7.12 Å². The zero-order valence-corrected chi connectivity index (χ0v) is 20.2. The van der Waals surface area contributed by atoms with E-state index in [1.807, 2.05) is 6.20 Å². The molecule has 3 aliphatic rings. The first-order valence-corrected chi connectivity index (χ1v) is 12.4. The van der Waals surface area contributed by atoms with Crippen LogP contribution in [0, 0.1) is 0 Å². The lowest BCUT2D eigenvalue weighted by Gasteiger charge is -2.32. The minimum absolute atomic E-state index is 0.294. The Hall–Kier alpha value is -2.37. The molecule has 0 atom stereocenters. The van der Waals surface area contributed by atoms with E-state index in [4.69, 9.17) is 9.31 Å². The minimum Gasteiger partial charge on any atom is -0.399 e. The summed E-state index contributed by atoms with van der Waals surface area (Å²) in [5.41, 5.74) is 8.85. The van der Waals surface area contributed by atoms with Gasteiger partial charge in [0.05, 0.1) is 29.4 Å². The molecule has 0 bridgehead atoms. The Morgan fingerprint density at radius 2 is 1.52 bits per heavy atom. The van der Waals surface area contributed by atoms with Crippen LogP contribution in [0.4, 0.5) is 0 Å². The van der Waals surface area contributed by atoms with Gasteiger partial charge in [-0.25, -0.2) is 4.98 Å².